The normalized spacial score (nSPS) is 21.4. The van der Waals surface area contributed by atoms with Gasteiger partial charge in [0.05, 0.1) is 12.6 Å². The molecule has 6 heteroatoms. The van der Waals surface area contributed by atoms with Crippen molar-refractivity contribution >= 4 is 5.96 Å². The average Bonchev–Trinajstić information content (AvgIpc) is 3.20. The third-order valence-electron chi connectivity index (χ3n) is 5.67. The van der Waals surface area contributed by atoms with E-state index in [1.165, 1.54) is 24.9 Å². The Morgan fingerprint density at radius 1 is 1.17 bits per heavy atom. The summed E-state index contributed by atoms with van der Waals surface area (Å²) in [7, 11) is 0. The Bertz CT molecular complexity index is 590. The highest BCUT2D eigenvalue weighted by atomic mass is 16.5. The molecule has 0 amide bonds. The number of nitrogens with one attached hydrogen (secondary N) is 2. The van der Waals surface area contributed by atoms with Crippen LogP contribution in [-0.4, -0.2) is 69.0 Å². The Balaban J connectivity index is 1.38. The highest BCUT2D eigenvalue weighted by molar-refractivity contribution is 5.79. The number of likely N-dealkylation sites (tertiary alicyclic amines) is 1. The summed E-state index contributed by atoms with van der Waals surface area (Å²) in [6.07, 6.45) is 5.92. The third kappa shape index (κ3) is 7.96. The van der Waals surface area contributed by atoms with Crippen molar-refractivity contribution in [3.05, 3.63) is 35.9 Å². The molecule has 1 aromatic carbocycles. The predicted molar refractivity (Wildman–Crippen MR) is 118 cm³/mol. The van der Waals surface area contributed by atoms with Crippen LogP contribution in [0.1, 0.15) is 44.6 Å². The lowest BCUT2D eigenvalue weighted by molar-refractivity contribution is -0.0320. The van der Waals surface area contributed by atoms with Crippen molar-refractivity contribution in [1.29, 1.82) is 0 Å². The summed E-state index contributed by atoms with van der Waals surface area (Å²) in [4.78, 5) is 7.44. The maximum Gasteiger partial charge on any atom is 0.191 e. The second kappa shape index (κ2) is 12.8. The van der Waals surface area contributed by atoms with Gasteiger partial charge < -0.3 is 20.1 Å². The predicted octanol–water partition coefficient (Wildman–Crippen LogP) is 2.79. The first-order valence-electron chi connectivity index (χ1n) is 11.3. The van der Waals surface area contributed by atoms with E-state index in [-0.39, 0.29) is 0 Å². The minimum absolute atomic E-state index is 0.378. The Morgan fingerprint density at radius 3 is 2.79 bits per heavy atom. The van der Waals surface area contributed by atoms with Gasteiger partial charge >= 0.3 is 0 Å². The summed E-state index contributed by atoms with van der Waals surface area (Å²) in [6.45, 7) is 9.38. The van der Waals surface area contributed by atoms with Gasteiger partial charge in [0.25, 0.3) is 0 Å². The van der Waals surface area contributed by atoms with Crippen LogP contribution in [0.5, 0.6) is 0 Å². The number of benzene rings is 1. The van der Waals surface area contributed by atoms with E-state index in [1.807, 2.05) is 0 Å². The van der Waals surface area contributed by atoms with Gasteiger partial charge in [-0.25, -0.2) is 0 Å². The molecule has 3 rings (SSSR count). The summed E-state index contributed by atoms with van der Waals surface area (Å²) in [5.41, 5.74) is 1.39. The minimum atomic E-state index is 0.378. The lowest BCUT2D eigenvalue weighted by Gasteiger charge is -2.24. The Morgan fingerprint density at radius 2 is 2.00 bits per heavy atom. The largest absolute Gasteiger partial charge is 0.381 e. The van der Waals surface area contributed by atoms with Crippen LogP contribution >= 0.6 is 0 Å². The molecular formula is C23H38N4O2. The second-order valence-electron chi connectivity index (χ2n) is 7.93. The molecule has 2 aliphatic rings. The van der Waals surface area contributed by atoms with Gasteiger partial charge in [-0.1, -0.05) is 30.3 Å². The number of aliphatic imine (C=N–C) groups is 1. The van der Waals surface area contributed by atoms with Crippen molar-refractivity contribution in [2.24, 2.45) is 4.99 Å². The van der Waals surface area contributed by atoms with Crippen molar-refractivity contribution < 1.29 is 9.47 Å². The molecule has 162 valence electrons. The third-order valence-corrected chi connectivity index (χ3v) is 5.67. The molecule has 2 heterocycles. The van der Waals surface area contributed by atoms with Crippen molar-refractivity contribution in [3.8, 4) is 0 Å². The molecule has 0 spiro atoms. The lowest BCUT2D eigenvalue weighted by Crippen LogP contribution is -2.39. The number of guanidine groups is 1. The van der Waals surface area contributed by atoms with Crippen LogP contribution < -0.4 is 10.6 Å². The van der Waals surface area contributed by atoms with Gasteiger partial charge in [0.2, 0.25) is 0 Å². The molecule has 2 fully saturated rings. The summed E-state index contributed by atoms with van der Waals surface area (Å²) >= 11 is 0. The fourth-order valence-corrected chi connectivity index (χ4v) is 4.04. The zero-order chi connectivity index (χ0) is 20.2. The van der Waals surface area contributed by atoms with E-state index in [1.54, 1.807) is 0 Å². The van der Waals surface area contributed by atoms with Crippen LogP contribution in [-0.2, 0) is 16.0 Å². The zero-order valence-corrected chi connectivity index (χ0v) is 17.9. The molecule has 1 aromatic rings. The number of ether oxygens (including phenoxy) is 2. The quantitative estimate of drug-likeness (QED) is 0.358. The molecule has 0 aromatic heterocycles. The van der Waals surface area contributed by atoms with Crippen LogP contribution in [0.4, 0.5) is 0 Å². The highest BCUT2D eigenvalue weighted by Crippen LogP contribution is 2.20. The second-order valence-corrected chi connectivity index (χ2v) is 7.93. The maximum atomic E-state index is 5.95. The average molecular weight is 403 g/mol. The molecule has 0 aliphatic carbocycles. The number of hydrogen-bond donors (Lipinski definition) is 2. The molecule has 1 unspecified atom stereocenters. The Kier molecular flexibility index (Phi) is 9.76. The fourth-order valence-electron chi connectivity index (χ4n) is 4.04. The lowest BCUT2D eigenvalue weighted by atomic mass is 10.1. The number of rotatable bonds is 10. The van der Waals surface area contributed by atoms with Crippen LogP contribution in [0, 0.1) is 0 Å². The van der Waals surface area contributed by atoms with Crippen molar-refractivity contribution in [1.82, 2.24) is 15.5 Å². The van der Waals surface area contributed by atoms with E-state index >= 15 is 0 Å². The van der Waals surface area contributed by atoms with Gasteiger partial charge in [-0.15, -0.1) is 0 Å². The monoisotopic (exact) mass is 402 g/mol. The van der Waals surface area contributed by atoms with E-state index in [9.17, 15) is 0 Å². The first kappa shape index (κ1) is 22.1. The van der Waals surface area contributed by atoms with Gasteiger partial charge in [-0.3, -0.25) is 9.89 Å². The van der Waals surface area contributed by atoms with Gasteiger partial charge in [0.1, 0.15) is 0 Å². The molecule has 2 saturated heterocycles. The van der Waals surface area contributed by atoms with Gasteiger partial charge in [-0.2, -0.15) is 0 Å². The molecule has 6 nitrogen and oxygen atoms in total. The summed E-state index contributed by atoms with van der Waals surface area (Å²) in [6, 6.07) is 11.3. The molecule has 0 radical (unpaired) electrons. The Labute approximate surface area is 176 Å². The number of hydrogen-bond acceptors (Lipinski definition) is 4. The van der Waals surface area contributed by atoms with E-state index in [4.69, 9.17) is 14.5 Å². The van der Waals surface area contributed by atoms with Crippen molar-refractivity contribution in [2.75, 3.05) is 46.0 Å². The highest BCUT2D eigenvalue weighted by Gasteiger charge is 2.24. The van der Waals surface area contributed by atoms with Crippen LogP contribution in [0.2, 0.25) is 0 Å². The van der Waals surface area contributed by atoms with E-state index in [0.29, 0.717) is 12.1 Å². The fraction of sp³-hybridized carbons (Fsp3) is 0.696. The maximum absolute atomic E-state index is 5.95. The van der Waals surface area contributed by atoms with E-state index < -0.39 is 0 Å². The minimum Gasteiger partial charge on any atom is -0.381 e. The van der Waals surface area contributed by atoms with E-state index in [0.717, 1.165) is 71.2 Å². The zero-order valence-electron chi connectivity index (χ0n) is 17.9. The molecule has 0 saturated carbocycles. The topological polar surface area (TPSA) is 58.1 Å². The van der Waals surface area contributed by atoms with Gasteiger partial charge in [-0.05, 0) is 51.1 Å². The van der Waals surface area contributed by atoms with Crippen molar-refractivity contribution in [3.63, 3.8) is 0 Å². The van der Waals surface area contributed by atoms with Crippen molar-refractivity contribution in [2.45, 2.75) is 57.7 Å². The smallest absolute Gasteiger partial charge is 0.191 e. The SMILES string of the molecule is CCNC(=NCC1CCCN1Cc1ccccc1)NCCCOC1CCOCC1. The molecule has 2 aliphatic heterocycles. The number of nitrogens with zero attached hydrogens (tertiary/aromatic N) is 2. The summed E-state index contributed by atoms with van der Waals surface area (Å²) in [5.74, 6) is 0.921. The summed E-state index contributed by atoms with van der Waals surface area (Å²) in [5, 5.41) is 6.84. The first-order valence-corrected chi connectivity index (χ1v) is 11.3. The molecular weight excluding hydrogens is 364 g/mol. The van der Waals surface area contributed by atoms with Gasteiger partial charge in [0.15, 0.2) is 5.96 Å². The van der Waals surface area contributed by atoms with E-state index in [2.05, 4.69) is 52.8 Å². The molecule has 29 heavy (non-hydrogen) atoms. The van der Waals surface area contributed by atoms with Crippen LogP contribution in [0.15, 0.2) is 35.3 Å². The molecule has 0 bridgehead atoms. The Hall–Kier alpha value is -1.63. The molecule has 2 N–H and O–H groups in total. The molecule has 1 atom stereocenters. The summed E-state index contributed by atoms with van der Waals surface area (Å²) < 4.78 is 11.3. The first-order chi connectivity index (χ1) is 14.3. The standard InChI is InChI=1S/C23H38N4O2/c1-2-24-23(25-13-7-15-29-22-11-16-28-17-12-22)26-18-21-10-6-14-27(21)19-20-8-4-3-5-9-20/h3-5,8-9,21-22H,2,6-7,10-19H2,1H3,(H2,24,25,26). The van der Waals surface area contributed by atoms with Gasteiger partial charge in [0, 0.05) is 45.5 Å². The van der Waals surface area contributed by atoms with Crippen LogP contribution in [0.25, 0.3) is 0 Å². The van der Waals surface area contributed by atoms with Crippen LogP contribution in [0.3, 0.4) is 0 Å².